The summed E-state index contributed by atoms with van der Waals surface area (Å²) in [5.74, 6) is -0.275. The smallest absolute Gasteiger partial charge is 0.303 e. The fourth-order valence-electron chi connectivity index (χ4n) is 1.70. The van der Waals surface area contributed by atoms with Gasteiger partial charge in [0.2, 0.25) is 0 Å². The van der Waals surface area contributed by atoms with Gasteiger partial charge in [-0.3, -0.25) is 4.79 Å². The summed E-state index contributed by atoms with van der Waals surface area (Å²) in [6, 6.07) is 6.20. The molecule has 0 spiro atoms. The SMILES string of the molecule is CC(=O)OCc1cnc(Cc2ccc(C#N)c(F)c2)[nH]1. The van der Waals surface area contributed by atoms with Crippen LogP contribution in [0.3, 0.4) is 0 Å². The number of benzene rings is 1. The first-order chi connectivity index (χ1) is 9.58. The second-order valence-corrected chi connectivity index (χ2v) is 4.24. The normalized spacial score (nSPS) is 10.1. The van der Waals surface area contributed by atoms with Crippen molar-refractivity contribution in [3.05, 3.63) is 52.9 Å². The van der Waals surface area contributed by atoms with E-state index in [1.54, 1.807) is 18.3 Å². The molecule has 0 saturated carbocycles. The minimum Gasteiger partial charge on any atom is -0.459 e. The Kier molecular flexibility index (Phi) is 4.11. The minimum absolute atomic E-state index is 0.0174. The van der Waals surface area contributed by atoms with E-state index < -0.39 is 5.82 Å². The van der Waals surface area contributed by atoms with Crippen LogP contribution in [0.25, 0.3) is 0 Å². The van der Waals surface area contributed by atoms with Crippen molar-refractivity contribution in [2.75, 3.05) is 0 Å². The van der Waals surface area contributed by atoms with E-state index in [-0.39, 0.29) is 18.1 Å². The summed E-state index contributed by atoms with van der Waals surface area (Å²) in [4.78, 5) is 17.8. The Hall–Kier alpha value is -2.68. The molecule has 0 aliphatic heterocycles. The summed E-state index contributed by atoms with van der Waals surface area (Å²) in [6.45, 7) is 1.46. The number of hydrogen-bond donors (Lipinski definition) is 1. The Bertz CT molecular complexity index is 673. The zero-order valence-corrected chi connectivity index (χ0v) is 10.8. The van der Waals surface area contributed by atoms with Gasteiger partial charge in [-0.1, -0.05) is 6.07 Å². The first-order valence-electron chi connectivity index (χ1n) is 5.93. The van der Waals surface area contributed by atoms with Gasteiger partial charge in [0.25, 0.3) is 0 Å². The van der Waals surface area contributed by atoms with Crippen LogP contribution in [0.4, 0.5) is 4.39 Å². The van der Waals surface area contributed by atoms with E-state index in [9.17, 15) is 9.18 Å². The molecule has 2 aromatic rings. The fourth-order valence-corrected chi connectivity index (χ4v) is 1.70. The number of halogens is 1. The molecule has 0 aliphatic carbocycles. The van der Waals surface area contributed by atoms with E-state index in [1.807, 2.05) is 0 Å². The molecule has 0 radical (unpaired) electrons. The molecule has 6 heteroatoms. The molecule has 0 amide bonds. The van der Waals surface area contributed by atoms with Gasteiger partial charge in [0.15, 0.2) is 0 Å². The predicted octanol–water partition coefficient (Wildman–Crippen LogP) is 2.07. The van der Waals surface area contributed by atoms with Crippen molar-refractivity contribution in [1.82, 2.24) is 9.97 Å². The van der Waals surface area contributed by atoms with Gasteiger partial charge < -0.3 is 9.72 Å². The molecule has 1 N–H and O–H groups in total. The molecule has 0 unspecified atom stereocenters. The summed E-state index contributed by atoms with van der Waals surface area (Å²) < 4.78 is 18.3. The van der Waals surface area contributed by atoms with E-state index >= 15 is 0 Å². The first kappa shape index (κ1) is 13.7. The predicted molar refractivity (Wildman–Crippen MR) is 68.0 cm³/mol. The summed E-state index contributed by atoms with van der Waals surface area (Å²) in [5, 5.41) is 8.66. The zero-order valence-electron chi connectivity index (χ0n) is 10.8. The van der Waals surface area contributed by atoms with Crippen molar-refractivity contribution in [2.45, 2.75) is 20.0 Å². The minimum atomic E-state index is -0.545. The van der Waals surface area contributed by atoms with Gasteiger partial charge >= 0.3 is 5.97 Å². The largest absolute Gasteiger partial charge is 0.459 e. The number of nitrogens with one attached hydrogen (secondary N) is 1. The van der Waals surface area contributed by atoms with Crippen LogP contribution in [0, 0.1) is 17.1 Å². The number of esters is 1. The maximum atomic E-state index is 13.5. The van der Waals surface area contributed by atoms with Crippen LogP contribution in [-0.2, 0) is 22.6 Å². The van der Waals surface area contributed by atoms with E-state index in [0.29, 0.717) is 23.5 Å². The Morgan fingerprint density at radius 3 is 3.00 bits per heavy atom. The molecule has 1 aromatic heterocycles. The van der Waals surface area contributed by atoms with Gasteiger partial charge in [0.1, 0.15) is 24.3 Å². The monoisotopic (exact) mass is 273 g/mol. The topological polar surface area (TPSA) is 78.8 Å². The number of rotatable bonds is 4. The lowest BCUT2D eigenvalue weighted by atomic mass is 10.1. The van der Waals surface area contributed by atoms with Gasteiger partial charge in [0, 0.05) is 13.3 Å². The second-order valence-electron chi connectivity index (χ2n) is 4.24. The molecule has 5 nitrogen and oxygen atoms in total. The Balaban J connectivity index is 2.05. The van der Waals surface area contributed by atoms with E-state index in [4.69, 9.17) is 10.00 Å². The number of aromatic nitrogens is 2. The third kappa shape index (κ3) is 3.42. The lowest BCUT2D eigenvalue weighted by Crippen LogP contribution is -1.99. The van der Waals surface area contributed by atoms with Gasteiger partial charge in [0.05, 0.1) is 17.5 Å². The van der Waals surface area contributed by atoms with Crippen LogP contribution in [-0.4, -0.2) is 15.9 Å². The average Bonchev–Trinajstić information content (AvgIpc) is 2.84. The van der Waals surface area contributed by atoms with Gasteiger partial charge in [-0.05, 0) is 17.7 Å². The number of carbonyl (C=O) groups is 1. The highest BCUT2D eigenvalue weighted by molar-refractivity contribution is 5.65. The highest BCUT2D eigenvalue weighted by Gasteiger charge is 2.06. The number of carbonyl (C=O) groups excluding carboxylic acids is 1. The lowest BCUT2D eigenvalue weighted by molar-refractivity contribution is -0.142. The van der Waals surface area contributed by atoms with Crippen LogP contribution in [0.5, 0.6) is 0 Å². The fraction of sp³-hybridized carbons (Fsp3) is 0.214. The molecule has 1 heterocycles. The molecule has 2 rings (SSSR count). The Morgan fingerprint density at radius 2 is 2.35 bits per heavy atom. The third-order valence-electron chi connectivity index (χ3n) is 2.64. The second kappa shape index (κ2) is 5.97. The van der Waals surface area contributed by atoms with Crippen molar-refractivity contribution < 1.29 is 13.9 Å². The molecule has 0 saturated heterocycles. The summed E-state index contributed by atoms with van der Waals surface area (Å²) in [7, 11) is 0. The van der Waals surface area contributed by atoms with E-state index in [1.165, 1.54) is 19.1 Å². The number of ether oxygens (including phenoxy) is 1. The molecular formula is C14H12FN3O2. The average molecular weight is 273 g/mol. The summed E-state index contributed by atoms with van der Waals surface area (Å²) in [5.41, 5.74) is 1.39. The number of nitriles is 1. The molecular weight excluding hydrogens is 261 g/mol. The molecule has 102 valence electrons. The summed E-state index contributed by atoms with van der Waals surface area (Å²) in [6.07, 6.45) is 1.97. The molecule has 0 fully saturated rings. The number of hydrogen-bond acceptors (Lipinski definition) is 4. The zero-order chi connectivity index (χ0) is 14.5. The highest BCUT2D eigenvalue weighted by Crippen LogP contribution is 2.12. The number of H-pyrrole nitrogens is 1. The quantitative estimate of drug-likeness (QED) is 0.865. The van der Waals surface area contributed by atoms with Crippen LogP contribution in [0.15, 0.2) is 24.4 Å². The van der Waals surface area contributed by atoms with Crippen LogP contribution in [0.2, 0.25) is 0 Å². The van der Waals surface area contributed by atoms with Crippen molar-refractivity contribution >= 4 is 5.97 Å². The van der Waals surface area contributed by atoms with Gasteiger partial charge in [-0.2, -0.15) is 5.26 Å². The van der Waals surface area contributed by atoms with Crippen molar-refractivity contribution in [3.63, 3.8) is 0 Å². The number of imidazole rings is 1. The maximum absolute atomic E-state index is 13.5. The molecule has 0 aliphatic rings. The Morgan fingerprint density at radius 1 is 1.55 bits per heavy atom. The number of aromatic amines is 1. The van der Waals surface area contributed by atoms with Gasteiger partial charge in [-0.25, -0.2) is 9.37 Å². The number of nitrogens with zero attached hydrogens (tertiary/aromatic N) is 2. The highest BCUT2D eigenvalue weighted by atomic mass is 19.1. The summed E-state index contributed by atoms with van der Waals surface area (Å²) >= 11 is 0. The standard InChI is InChI=1S/C14H12FN3O2/c1-9(19)20-8-12-7-17-14(18-12)5-10-2-3-11(6-16)13(15)4-10/h2-4,7H,5,8H2,1H3,(H,17,18). The van der Waals surface area contributed by atoms with Crippen LogP contribution in [0.1, 0.15) is 29.6 Å². The van der Waals surface area contributed by atoms with Crippen molar-refractivity contribution in [1.29, 1.82) is 5.26 Å². The molecule has 0 bridgehead atoms. The van der Waals surface area contributed by atoms with E-state index in [2.05, 4.69) is 9.97 Å². The van der Waals surface area contributed by atoms with E-state index in [0.717, 1.165) is 0 Å². The molecule has 0 atom stereocenters. The maximum Gasteiger partial charge on any atom is 0.303 e. The lowest BCUT2D eigenvalue weighted by Gasteiger charge is -2.01. The molecule has 20 heavy (non-hydrogen) atoms. The molecule has 1 aromatic carbocycles. The van der Waals surface area contributed by atoms with Crippen LogP contribution >= 0.6 is 0 Å². The third-order valence-corrected chi connectivity index (χ3v) is 2.64. The van der Waals surface area contributed by atoms with Crippen molar-refractivity contribution in [2.24, 2.45) is 0 Å². The van der Waals surface area contributed by atoms with Crippen LogP contribution < -0.4 is 0 Å². The first-order valence-corrected chi connectivity index (χ1v) is 5.93. The Labute approximate surface area is 115 Å². The van der Waals surface area contributed by atoms with Crippen molar-refractivity contribution in [3.8, 4) is 6.07 Å². The van der Waals surface area contributed by atoms with Gasteiger partial charge in [-0.15, -0.1) is 0 Å².